The highest BCUT2D eigenvalue weighted by atomic mass is 16.5. The molecule has 3 heteroatoms. The van der Waals surface area contributed by atoms with Crippen molar-refractivity contribution in [3.8, 4) is 5.75 Å². The van der Waals surface area contributed by atoms with Crippen LogP contribution in [-0.4, -0.2) is 31.1 Å². The molecule has 0 spiro atoms. The van der Waals surface area contributed by atoms with Crippen LogP contribution in [0.3, 0.4) is 0 Å². The summed E-state index contributed by atoms with van der Waals surface area (Å²) in [6.07, 6.45) is 4.92. The Kier molecular flexibility index (Phi) is 2.77. The summed E-state index contributed by atoms with van der Waals surface area (Å²) in [7, 11) is 0. The van der Waals surface area contributed by atoms with Crippen LogP contribution in [0.15, 0.2) is 23.8 Å². The van der Waals surface area contributed by atoms with Gasteiger partial charge in [0.05, 0.1) is 0 Å². The molecule has 17 heavy (non-hydrogen) atoms. The van der Waals surface area contributed by atoms with Crippen LogP contribution >= 0.6 is 0 Å². The van der Waals surface area contributed by atoms with E-state index in [1.807, 2.05) is 18.2 Å². The summed E-state index contributed by atoms with van der Waals surface area (Å²) in [6.45, 7) is 4.20. The second-order valence-corrected chi connectivity index (χ2v) is 4.87. The molecule has 2 heterocycles. The molecule has 2 aliphatic rings. The molecular weight excluding hydrogens is 212 g/mol. The molecule has 3 nitrogen and oxygen atoms in total. The van der Waals surface area contributed by atoms with Crippen molar-refractivity contribution in [3.63, 3.8) is 0 Å². The van der Waals surface area contributed by atoms with Gasteiger partial charge in [-0.25, -0.2) is 0 Å². The van der Waals surface area contributed by atoms with E-state index in [2.05, 4.69) is 11.0 Å². The van der Waals surface area contributed by atoms with Crippen molar-refractivity contribution >= 4 is 11.8 Å². The summed E-state index contributed by atoms with van der Waals surface area (Å²) < 4.78 is 5.75. The maximum Gasteiger partial charge on any atom is 0.129 e. The SMILES string of the molecule is Nc1ccc2c(c1)OCC(CN1CCCC1)=C2. The van der Waals surface area contributed by atoms with Gasteiger partial charge in [0.15, 0.2) is 0 Å². The lowest BCUT2D eigenvalue weighted by Gasteiger charge is -2.22. The number of anilines is 1. The van der Waals surface area contributed by atoms with Crippen LogP contribution in [0.1, 0.15) is 18.4 Å². The molecule has 1 aromatic carbocycles. The molecular formula is C14H18N2O. The Bertz CT molecular complexity index is 448. The Hall–Kier alpha value is -1.48. The molecule has 0 saturated carbocycles. The maximum absolute atomic E-state index is 5.75. The van der Waals surface area contributed by atoms with Gasteiger partial charge < -0.3 is 10.5 Å². The smallest absolute Gasteiger partial charge is 0.129 e. The minimum Gasteiger partial charge on any atom is -0.488 e. The third-order valence-electron chi connectivity index (χ3n) is 3.44. The summed E-state index contributed by atoms with van der Waals surface area (Å²) in [5.41, 5.74) is 9.02. The number of likely N-dealkylation sites (tertiary alicyclic amines) is 1. The summed E-state index contributed by atoms with van der Waals surface area (Å²) in [5.74, 6) is 0.912. The molecule has 3 rings (SSSR count). The average molecular weight is 230 g/mol. The van der Waals surface area contributed by atoms with Crippen molar-refractivity contribution in [2.24, 2.45) is 0 Å². The second kappa shape index (κ2) is 4.41. The van der Waals surface area contributed by atoms with Gasteiger partial charge in [-0.3, -0.25) is 4.90 Å². The number of nitrogens with two attached hydrogens (primary N) is 1. The lowest BCUT2D eigenvalue weighted by Crippen LogP contribution is -2.25. The summed E-state index contributed by atoms with van der Waals surface area (Å²) in [4.78, 5) is 2.50. The molecule has 0 aromatic heterocycles. The van der Waals surface area contributed by atoms with E-state index in [-0.39, 0.29) is 0 Å². The van der Waals surface area contributed by atoms with E-state index in [0.29, 0.717) is 6.61 Å². The van der Waals surface area contributed by atoms with Crippen molar-refractivity contribution in [2.45, 2.75) is 12.8 Å². The molecule has 0 amide bonds. The average Bonchev–Trinajstić information content (AvgIpc) is 2.82. The molecule has 90 valence electrons. The maximum atomic E-state index is 5.75. The van der Waals surface area contributed by atoms with Gasteiger partial charge in [0.25, 0.3) is 0 Å². The third-order valence-corrected chi connectivity index (χ3v) is 3.44. The lowest BCUT2D eigenvalue weighted by atomic mass is 10.1. The molecule has 1 fully saturated rings. The van der Waals surface area contributed by atoms with Crippen LogP contribution in [0.25, 0.3) is 6.08 Å². The van der Waals surface area contributed by atoms with Gasteiger partial charge in [-0.1, -0.05) is 0 Å². The van der Waals surface area contributed by atoms with Gasteiger partial charge in [-0.15, -0.1) is 0 Å². The van der Waals surface area contributed by atoms with Crippen LogP contribution in [0.4, 0.5) is 5.69 Å². The van der Waals surface area contributed by atoms with E-state index in [9.17, 15) is 0 Å². The first kappa shape index (κ1) is 10.7. The molecule has 0 unspecified atom stereocenters. The molecule has 0 radical (unpaired) electrons. The number of benzene rings is 1. The van der Waals surface area contributed by atoms with Crippen molar-refractivity contribution < 1.29 is 4.74 Å². The number of ether oxygens (including phenoxy) is 1. The Morgan fingerprint density at radius 3 is 2.88 bits per heavy atom. The van der Waals surface area contributed by atoms with E-state index >= 15 is 0 Å². The van der Waals surface area contributed by atoms with Crippen molar-refractivity contribution in [1.82, 2.24) is 4.90 Å². The highest BCUT2D eigenvalue weighted by Gasteiger charge is 2.16. The topological polar surface area (TPSA) is 38.5 Å². The first-order valence-electron chi connectivity index (χ1n) is 6.25. The van der Waals surface area contributed by atoms with Gasteiger partial charge >= 0.3 is 0 Å². The number of hydrogen-bond donors (Lipinski definition) is 1. The largest absolute Gasteiger partial charge is 0.488 e. The Balaban J connectivity index is 1.77. The quantitative estimate of drug-likeness (QED) is 0.791. The normalized spacial score (nSPS) is 19.6. The Morgan fingerprint density at radius 2 is 2.06 bits per heavy atom. The van der Waals surface area contributed by atoms with Crippen LogP contribution < -0.4 is 10.5 Å². The van der Waals surface area contributed by atoms with Crippen LogP contribution in [-0.2, 0) is 0 Å². The molecule has 0 aliphatic carbocycles. The molecule has 0 atom stereocenters. The van der Waals surface area contributed by atoms with Crippen molar-refractivity contribution in [3.05, 3.63) is 29.3 Å². The first-order chi connectivity index (χ1) is 8.31. The third kappa shape index (κ3) is 2.29. The minimum absolute atomic E-state index is 0.701. The number of nitrogens with zero attached hydrogens (tertiary/aromatic N) is 1. The monoisotopic (exact) mass is 230 g/mol. The van der Waals surface area contributed by atoms with Gasteiger partial charge in [-0.05, 0) is 49.7 Å². The zero-order valence-corrected chi connectivity index (χ0v) is 9.98. The fourth-order valence-corrected chi connectivity index (χ4v) is 2.55. The second-order valence-electron chi connectivity index (χ2n) is 4.87. The first-order valence-corrected chi connectivity index (χ1v) is 6.25. The van der Waals surface area contributed by atoms with Gasteiger partial charge in [0.2, 0.25) is 0 Å². The van der Waals surface area contributed by atoms with Crippen LogP contribution in [0.2, 0.25) is 0 Å². The predicted octanol–water partition coefficient (Wildman–Crippen LogP) is 2.14. The predicted molar refractivity (Wildman–Crippen MR) is 70.0 cm³/mol. The lowest BCUT2D eigenvalue weighted by molar-refractivity contribution is 0.310. The van der Waals surface area contributed by atoms with Crippen molar-refractivity contribution in [1.29, 1.82) is 0 Å². The molecule has 1 aromatic rings. The Morgan fingerprint density at radius 1 is 1.24 bits per heavy atom. The van der Waals surface area contributed by atoms with Gasteiger partial charge in [-0.2, -0.15) is 0 Å². The standard InChI is InChI=1S/C14H18N2O/c15-13-4-3-12-7-11(10-17-14(12)8-13)9-16-5-1-2-6-16/h3-4,7-8H,1-2,5-6,9-10,15H2. The highest BCUT2D eigenvalue weighted by Crippen LogP contribution is 2.28. The zero-order valence-electron chi connectivity index (χ0n) is 9.98. The highest BCUT2D eigenvalue weighted by molar-refractivity contribution is 5.65. The van der Waals surface area contributed by atoms with E-state index in [1.54, 1.807) is 0 Å². The number of fused-ring (bicyclic) bond motifs is 1. The van der Waals surface area contributed by atoms with E-state index in [0.717, 1.165) is 23.5 Å². The number of rotatable bonds is 2. The summed E-state index contributed by atoms with van der Waals surface area (Å²) in [5, 5.41) is 0. The fourth-order valence-electron chi connectivity index (χ4n) is 2.55. The number of hydrogen-bond acceptors (Lipinski definition) is 3. The zero-order chi connectivity index (χ0) is 11.7. The molecule has 2 N–H and O–H groups in total. The van der Waals surface area contributed by atoms with Crippen LogP contribution in [0.5, 0.6) is 5.75 Å². The Labute approximate surface area is 102 Å². The minimum atomic E-state index is 0.701. The van der Waals surface area contributed by atoms with Crippen LogP contribution in [0, 0.1) is 0 Å². The molecule has 2 aliphatic heterocycles. The van der Waals surface area contributed by atoms with Gasteiger partial charge in [0.1, 0.15) is 12.4 Å². The molecule has 0 bridgehead atoms. The van der Waals surface area contributed by atoms with E-state index < -0.39 is 0 Å². The summed E-state index contributed by atoms with van der Waals surface area (Å²) >= 11 is 0. The van der Waals surface area contributed by atoms with Crippen molar-refractivity contribution in [2.75, 3.05) is 32.0 Å². The fraction of sp³-hybridized carbons (Fsp3) is 0.429. The molecule has 1 saturated heterocycles. The van der Waals surface area contributed by atoms with Gasteiger partial charge in [0, 0.05) is 23.9 Å². The van der Waals surface area contributed by atoms with E-state index in [1.165, 1.54) is 31.5 Å². The summed E-state index contributed by atoms with van der Waals surface area (Å²) in [6, 6.07) is 5.86. The van der Waals surface area contributed by atoms with E-state index in [4.69, 9.17) is 10.5 Å². The number of nitrogen functional groups attached to an aromatic ring is 1.